The van der Waals surface area contributed by atoms with Crippen LogP contribution in [0.3, 0.4) is 0 Å². The molecule has 2 rings (SSSR count). The van der Waals surface area contributed by atoms with Gasteiger partial charge in [0.1, 0.15) is 0 Å². The molecule has 1 heterocycles. The zero-order valence-electron chi connectivity index (χ0n) is 11.2. The van der Waals surface area contributed by atoms with Crippen molar-refractivity contribution in [3.05, 3.63) is 34.3 Å². The largest absolute Gasteiger partial charge is 0.391 e. The summed E-state index contributed by atoms with van der Waals surface area (Å²) in [4.78, 5) is 14.1. The molecule has 0 saturated carbocycles. The van der Waals surface area contributed by atoms with Crippen LogP contribution >= 0.6 is 15.9 Å². The zero-order valence-corrected chi connectivity index (χ0v) is 12.8. The van der Waals surface area contributed by atoms with Crippen molar-refractivity contribution in [2.24, 2.45) is 5.92 Å². The van der Waals surface area contributed by atoms with E-state index in [9.17, 15) is 9.90 Å². The van der Waals surface area contributed by atoms with Crippen LogP contribution in [0, 0.1) is 5.92 Å². The number of likely N-dealkylation sites (tertiary alicyclic amines) is 1. The maximum atomic E-state index is 12.3. The fourth-order valence-corrected chi connectivity index (χ4v) is 2.79. The molecular weight excluding hydrogens is 306 g/mol. The number of carbonyl (C=O) groups is 1. The zero-order chi connectivity index (χ0) is 13.8. The predicted octanol–water partition coefficient (Wildman–Crippen LogP) is 2.61. The Morgan fingerprint density at radius 1 is 1.47 bits per heavy atom. The van der Waals surface area contributed by atoms with E-state index in [1.165, 1.54) is 5.56 Å². The molecule has 3 nitrogen and oxygen atoms in total. The highest BCUT2D eigenvalue weighted by Gasteiger charge is 2.25. The number of carbonyl (C=O) groups excluding carboxylic acids is 1. The number of halogens is 1. The number of benzene rings is 1. The molecule has 1 fully saturated rings. The molecule has 19 heavy (non-hydrogen) atoms. The minimum absolute atomic E-state index is 0.0357. The summed E-state index contributed by atoms with van der Waals surface area (Å²) in [6.07, 6.45) is 2.11. The molecule has 0 radical (unpaired) electrons. The van der Waals surface area contributed by atoms with Gasteiger partial charge >= 0.3 is 0 Å². The summed E-state index contributed by atoms with van der Waals surface area (Å²) < 4.78 is 1.05. The smallest absolute Gasteiger partial charge is 0.225 e. The van der Waals surface area contributed by atoms with E-state index in [0.717, 1.165) is 30.3 Å². The van der Waals surface area contributed by atoms with Gasteiger partial charge in [-0.05, 0) is 37.0 Å². The van der Waals surface area contributed by atoms with Gasteiger partial charge < -0.3 is 10.0 Å². The van der Waals surface area contributed by atoms with Crippen molar-refractivity contribution in [3.63, 3.8) is 0 Å². The quantitative estimate of drug-likeness (QED) is 0.928. The second-order valence-electron chi connectivity index (χ2n) is 5.31. The number of rotatable bonds is 3. The first-order valence-corrected chi connectivity index (χ1v) is 7.57. The number of aliphatic hydroxyl groups excluding tert-OH is 1. The molecule has 0 spiro atoms. The van der Waals surface area contributed by atoms with Crippen molar-refractivity contribution < 1.29 is 9.90 Å². The Hall–Kier alpha value is -0.870. The van der Waals surface area contributed by atoms with Crippen molar-refractivity contribution in [1.82, 2.24) is 4.90 Å². The summed E-state index contributed by atoms with van der Waals surface area (Å²) in [7, 11) is 0. The van der Waals surface area contributed by atoms with E-state index >= 15 is 0 Å². The number of β-amino-alcohol motifs (C(OH)–C–C–N with tert-alkyl or cyclic N) is 1. The molecule has 2 unspecified atom stereocenters. The molecule has 1 saturated heterocycles. The fourth-order valence-electron chi connectivity index (χ4n) is 2.53. The molecule has 1 aliphatic rings. The lowest BCUT2D eigenvalue weighted by molar-refractivity contribution is -0.138. The number of hydrogen-bond donors (Lipinski definition) is 1. The first kappa shape index (κ1) is 14.5. The Labute approximate surface area is 122 Å². The highest BCUT2D eigenvalue weighted by Crippen LogP contribution is 2.17. The monoisotopic (exact) mass is 325 g/mol. The van der Waals surface area contributed by atoms with E-state index in [0.29, 0.717) is 6.54 Å². The van der Waals surface area contributed by atoms with Crippen LogP contribution in [-0.4, -0.2) is 35.1 Å². The van der Waals surface area contributed by atoms with Crippen LogP contribution in [0.1, 0.15) is 25.3 Å². The summed E-state index contributed by atoms with van der Waals surface area (Å²) in [5.41, 5.74) is 1.17. The van der Waals surface area contributed by atoms with Gasteiger partial charge in [0.15, 0.2) is 0 Å². The molecular formula is C15H20BrNO2. The maximum Gasteiger partial charge on any atom is 0.225 e. The van der Waals surface area contributed by atoms with Crippen molar-refractivity contribution >= 4 is 21.8 Å². The predicted molar refractivity (Wildman–Crippen MR) is 78.8 cm³/mol. The Morgan fingerprint density at radius 3 is 2.79 bits per heavy atom. The van der Waals surface area contributed by atoms with Crippen LogP contribution in [0.5, 0.6) is 0 Å². The third kappa shape index (κ3) is 4.05. The summed E-state index contributed by atoms with van der Waals surface area (Å²) >= 11 is 3.41. The van der Waals surface area contributed by atoms with Gasteiger partial charge in [0, 0.05) is 23.5 Å². The van der Waals surface area contributed by atoms with Crippen molar-refractivity contribution in [1.29, 1.82) is 0 Å². The average Bonchev–Trinajstić information content (AvgIpc) is 2.40. The molecule has 0 aliphatic carbocycles. The molecule has 104 valence electrons. The molecule has 4 heteroatoms. The van der Waals surface area contributed by atoms with Gasteiger partial charge in [-0.15, -0.1) is 0 Å². The van der Waals surface area contributed by atoms with Crippen LogP contribution in [-0.2, 0) is 11.2 Å². The highest BCUT2D eigenvalue weighted by molar-refractivity contribution is 9.10. The first-order chi connectivity index (χ1) is 9.06. The summed E-state index contributed by atoms with van der Waals surface area (Å²) in [6.45, 7) is 3.23. The Morgan fingerprint density at radius 2 is 2.16 bits per heavy atom. The molecule has 1 aromatic rings. The maximum absolute atomic E-state index is 12.3. The van der Waals surface area contributed by atoms with Crippen molar-refractivity contribution in [3.8, 4) is 0 Å². The minimum atomic E-state index is -0.349. The average molecular weight is 326 g/mol. The normalized spacial score (nSPS) is 21.2. The summed E-state index contributed by atoms with van der Waals surface area (Å²) in [5, 5.41) is 9.63. The van der Waals surface area contributed by atoms with E-state index in [1.807, 2.05) is 31.2 Å². The number of hydrogen-bond acceptors (Lipinski definition) is 2. The summed E-state index contributed by atoms with van der Waals surface area (Å²) in [6, 6.07) is 8.08. The van der Waals surface area contributed by atoms with Crippen LogP contribution in [0.25, 0.3) is 0 Å². The van der Waals surface area contributed by atoms with Crippen LogP contribution in [0.4, 0.5) is 0 Å². The third-order valence-electron chi connectivity index (χ3n) is 3.58. The van der Waals surface area contributed by atoms with Gasteiger partial charge in [-0.3, -0.25) is 4.79 Å². The molecule has 1 aromatic carbocycles. The topological polar surface area (TPSA) is 40.5 Å². The van der Waals surface area contributed by atoms with Gasteiger partial charge in [-0.2, -0.15) is 0 Å². The molecule has 1 aliphatic heterocycles. The lowest BCUT2D eigenvalue weighted by atomic mass is 9.98. The number of amides is 1. The molecule has 2 atom stereocenters. The van der Waals surface area contributed by atoms with Gasteiger partial charge in [0.2, 0.25) is 5.91 Å². The second-order valence-corrected chi connectivity index (χ2v) is 6.23. The van der Waals surface area contributed by atoms with E-state index in [2.05, 4.69) is 15.9 Å². The van der Waals surface area contributed by atoms with Gasteiger partial charge in [-0.1, -0.05) is 35.0 Å². The first-order valence-electron chi connectivity index (χ1n) is 6.77. The highest BCUT2D eigenvalue weighted by atomic mass is 79.9. The molecule has 0 bridgehead atoms. The molecule has 1 amide bonds. The molecule has 0 aromatic heterocycles. The Kier molecular flexibility index (Phi) is 4.99. The van der Waals surface area contributed by atoms with Gasteiger partial charge in [0.05, 0.1) is 6.10 Å². The minimum Gasteiger partial charge on any atom is -0.391 e. The lowest BCUT2D eigenvalue weighted by Crippen LogP contribution is -2.44. The Balaban J connectivity index is 1.93. The van der Waals surface area contributed by atoms with E-state index in [4.69, 9.17) is 0 Å². The van der Waals surface area contributed by atoms with Crippen molar-refractivity contribution in [2.45, 2.75) is 32.3 Å². The number of nitrogens with zero attached hydrogens (tertiary/aromatic N) is 1. The van der Waals surface area contributed by atoms with E-state index < -0.39 is 0 Å². The molecule has 1 N–H and O–H groups in total. The summed E-state index contributed by atoms with van der Waals surface area (Å²) in [5.74, 6) is 0.119. The second kappa shape index (κ2) is 6.53. The van der Waals surface area contributed by atoms with Crippen LogP contribution in [0.15, 0.2) is 28.7 Å². The number of aliphatic hydroxyl groups is 1. The SMILES string of the molecule is CC(Cc1ccc(Br)cc1)C(=O)N1CCCC(O)C1. The van der Waals surface area contributed by atoms with E-state index in [-0.39, 0.29) is 17.9 Å². The van der Waals surface area contributed by atoms with Crippen LogP contribution < -0.4 is 0 Å². The number of piperidine rings is 1. The third-order valence-corrected chi connectivity index (χ3v) is 4.11. The Bertz CT molecular complexity index is 432. The fraction of sp³-hybridized carbons (Fsp3) is 0.533. The van der Waals surface area contributed by atoms with Crippen molar-refractivity contribution in [2.75, 3.05) is 13.1 Å². The standard InChI is InChI=1S/C15H20BrNO2/c1-11(9-12-4-6-13(16)7-5-12)15(19)17-8-2-3-14(18)10-17/h4-7,11,14,18H,2-3,8-10H2,1H3. The van der Waals surface area contributed by atoms with Gasteiger partial charge in [-0.25, -0.2) is 0 Å². The van der Waals surface area contributed by atoms with Gasteiger partial charge in [0.25, 0.3) is 0 Å². The van der Waals surface area contributed by atoms with E-state index in [1.54, 1.807) is 4.90 Å². The van der Waals surface area contributed by atoms with Crippen LogP contribution in [0.2, 0.25) is 0 Å². The lowest BCUT2D eigenvalue weighted by Gasteiger charge is -2.32.